The van der Waals surface area contributed by atoms with E-state index in [1.54, 1.807) is 0 Å². The van der Waals surface area contributed by atoms with Crippen molar-refractivity contribution in [1.82, 2.24) is 0 Å². The molecule has 8 rings (SSSR count). The molecule has 0 amide bonds. The summed E-state index contributed by atoms with van der Waals surface area (Å²) in [6, 6.07) is 40.1. The van der Waals surface area contributed by atoms with Crippen LogP contribution in [-0.2, 0) is 0 Å². The lowest BCUT2D eigenvalue weighted by Gasteiger charge is -2.29. The molecule has 7 aromatic carbocycles. The molecule has 0 radical (unpaired) electrons. The monoisotopic (exact) mass is 498 g/mol. The third kappa shape index (κ3) is 3.21. The van der Waals surface area contributed by atoms with Crippen LogP contribution < -0.4 is 21.1 Å². The van der Waals surface area contributed by atoms with Crippen LogP contribution in [0.1, 0.15) is 16.7 Å². The summed E-state index contributed by atoms with van der Waals surface area (Å²) >= 11 is 0. The predicted molar refractivity (Wildman–Crippen MR) is 167 cm³/mol. The van der Waals surface area contributed by atoms with Crippen molar-refractivity contribution in [1.29, 1.82) is 0 Å². The molecular formula is C37H27BO. The molecule has 0 spiro atoms. The van der Waals surface area contributed by atoms with Crippen molar-refractivity contribution in [2.75, 3.05) is 0 Å². The van der Waals surface area contributed by atoms with E-state index in [0.29, 0.717) is 0 Å². The Balaban J connectivity index is 1.46. The highest BCUT2D eigenvalue weighted by Crippen LogP contribution is 2.44. The van der Waals surface area contributed by atoms with E-state index in [-0.39, 0.29) is 6.71 Å². The first-order chi connectivity index (χ1) is 19.1. The van der Waals surface area contributed by atoms with Crippen LogP contribution >= 0.6 is 0 Å². The molecule has 0 atom stereocenters. The van der Waals surface area contributed by atoms with E-state index in [1.807, 2.05) is 0 Å². The predicted octanol–water partition coefficient (Wildman–Crippen LogP) is 7.80. The van der Waals surface area contributed by atoms with Gasteiger partial charge in [-0.1, -0.05) is 108 Å². The molecule has 1 aliphatic rings. The maximum absolute atomic E-state index is 6.75. The second-order valence-electron chi connectivity index (χ2n) is 11.1. The Morgan fingerprint density at radius 1 is 0.564 bits per heavy atom. The lowest BCUT2D eigenvalue weighted by molar-refractivity contribution is 0.493. The highest BCUT2D eigenvalue weighted by Gasteiger charge is 2.34. The van der Waals surface area contributed by atoms with Gasteiger partial charge in [-0.2, -0.15) is 0 Å². The second kappa shape index (κ2) is 8.22. The third-order valence-electron chi connectivity index (χ3n) is 8.60. The fraction of sp³-hybridized carbons (Fsp3) is 0.0811. The maximum Gasteiger partial charge on any atom is 0.251 e. The van der Waals surface area contributed by atoms with Gasteiger partial charge in [0, 0.05) is 10.8 Å². The molecule has 39 heavy (non-hydrogen) atoms. The van der Waals surface area contributed by atoms with Gasteiger partial charge in [-0.3, -0.25) is 0 Å². The van der Waals surface area contributed by atoms with E-state index in [9.17, 15) is 0 Å². The summed E-state index contributed by atoms with van der Waals surface area (Å²) in [6.07, 6.45) is 0. The minimum atomic E-state index is 0.126. The van der Waals surface area contributed by atoms with E-state index in [0.717, 1.165) is 11.5 Å². The first kappa shape index (κ1) is 22.4. The number of hydrogen-bond acceptors (Lipinski definition) is 1. The van der Waals surface area contributed by atoms with Crippen molar-refractivity contribution in [3.8, 4) is 22.6 Å². The minimum Gasteiger partial charge on any atom is -0.458 e. The Morgan fingerprint density at radius 2 is 1.23 bits per heavy atom. The summed E-state index contributed by atoms with van der Waals surface area (Å²) in [5.74, 6) is 1.93. The van der Waals surface area contributed by atoms with Crippen LogP contribution in [0, 0.1) is 20.8 Å². The fourth-order valence-electron chi connectivity index (χ4n) is 7.12. The lowest BCUT2D eigenvalue weighted by atomic mass is 9.35. The van der Waals surface area contributed by atoms with E-state index < -0.39 is 0 Å². The van der Waals surface area contributed by atoms with Crippen LogP contribution in [0.3, 0.4) is 0 Å². The molecule has 1 nitrogen and oxygen atoms in total. The largest absolute Gasteiger partial charge is 0.458 e. The lowest BCUT2D eigenvalue weighted by Crippen LogP contribution is -2.54. The standard InChI is InChI=1S/C37H27BO/c1-22-19-23(2)34(24(3)20-22)28-16-13-25-14-18-30-36-26(15-17-29(28)35(25)36)21-32-37(30)39-33-12-8-7-11-31(33)38(32)27-9-5-4-6-10-27/h4-21H,1-3H3. The van der Waals surface area contributed by atoms with Gasteiger partial charge in [-0.05, 0) is 87.6 Å². The van der Waals surface area contributed by atoms with Crippen LogP contribution in [-0.4, -0.2) is 6.71 Å². The Labute approximate surface area is 229 Å². The third-order valence-corrected chi connectivity index (χ3v) is 8.60. The number of aryl methyl sites for hydroxylation is 3. The molecule has 2 heteroatoms. The van der Waals surface area contributed by atoms with Gasteiger partial charge in [-0.15, -0.1) is 0 Å². The zero-order valence-corrected chi connectivity index (χ0v) is 22.4. The molecule has 0 N–H and O–H groups in total. The molecule has 7 aromatic rings. The molecule has 1 heterocycles. The first-order valence-electron chi connectivity index (χ1n) is 13.7. The number of hydrogen-bond donors (Lipinski definition) is 0. The molecular weight excluding hydrogens is 471 g/mol. The van der Waals surface area contributed by atoms with Gasteiger partial charge >= 0.3 is 0 Å². The van der Waals surface area contributed by atoms with Crippen LogP contribution in [0.4, 0.5) is 0 Å². The molecule has 0 saturated carbocycles. The number of rotatable bonds is 2. The van der Waals surface area contributed by atoms with Gasteiger partial charge in [0.05, 0.1) is 0 Å². The van der Waals surface area contributed by atoms with Gasteiger partial charge in [-0.25, -0.2) is 0 Å². The fourth-order valence-corrected chi connectivity index (χ4v) is 7.12. The summed E-state index contributed by atoms with van der Waals surface area (Å²) in [6.45, 7) is 6.77. The van der Waals surface area contributed by atoms with Crippen molar-refractivity contribution in [3.05, 3.63) is 126 Å². The van der Waals surface area contributed by atoms with E-state index in [2.05, 4.69) is 130 Å². The van der Waals surface area contributed by atoms with Gasteiger partial charge in [0.25, 0.3) is 6.71 Å². The second-order valence-corrected chi connectivity index (χ2v) is 11.1. The number of para-hydroxylation sites is 1. The zero-order chi connectivity index (χ0) is 26.2. The SMILES string of the molecule is Cc1cc(C)c(-c2ccc3ccc4c5c(cc6ccc2c3c64)B(c2ccccc2)c2ccccc2O5)c(C)c1. The number of benzene rings is 7. The minimum absolute atomic E-state index is 0.126. The highest BCUT2D eigenvalue weighted by molar-refractivity contribution is 6.97. The van der Waals surface area contributed by atoms with Crippen LogP contribution in [0.2, 0.25) is 0 Å². The van der Waals surface area contributed by atoms with E-state index >= 15 is 0 Å². The van der Waals surface area contributed by atoms with Gasteiger partial charge in [0.2, 0.25) is 0 Å². The van der Waals surface area contributed by atoms with Gasteiger partial charge in [0.1, 0.15) is 11.5 Å². The zero-order valence-electron chi connectivity index (χ0n) is 22.4. The molecule has 0 saturated heterocycles. The molecule has 184 valence electrons. The topological polar surface area (TPSA) is 9.23 Å². The molecule has 0 fully saturated rings. The molecule has 1 aliphatic heterocycles. The summed E-state index contributed by atoms with van der Waals surface area (Å²) in [4.78, 5) is 0. The van der Waals surface area contributed by atoms with E-state index in [4.69, 9.17) is 4.74 Å². The summed E-state index contributed by atoms with van der Waals surface area (Å²) in [7, 11) is 0. The van der Waals surface area contributed by atoms with Crippen molar-refractivity contribution in [2.45, 2.75) is 20.8 Å². The Morgan fingerprint density at radius 3 is 2.05 bits per heavy atom. The summed E-state index contributed by atoms with van der Waals surface area (Å²) in [5, 5.41) is 7.63. The average molecular weight is 498 g/mol. The van der Waals surface area contributed by atoms with Crippen LogP contribution in [0.25, 0.3) is 43.4 Å². The number of ether oxygens (including phenoxy) is 1. The molecule has 0 bridgehead atoms. The first-order valence-corrected chi connectivity index (χ1v) is 13.7. The van der Waals surface area contributed by atoms with Crippen molar-refractivity contribution >= 4 is 55.4 Å². The van der Waals surface area contributed by atoms with Crippen LogP contribution in [0.15, 0.2) is 109 Å². The van der Waals surface area contributed by atoms with Crippen LogP contribution in [0.5, 0.6) is 11.5 Å². The highest BCUT2D eigenvalue weighted by atomic mass is 16.5. The summed E-state index contributed by atoms with van der Waals surface area (Å²) < 4.78 is 6.75. The average Bonchev–Trinajstić information content (AvgIpc) is 2.95. The molecule has 0 aromatic heterocycles. The van der Waals surface area contributed by atoms with Crippen molar-refractivity contribution < 1.29 is 4.74 Å². The smallest absolute Gasteiger partial charge is 0.251 e. The molecule has 0 aliphatic carbocycles. The summed E-state index contributed by atoms with van der Waals surface area (Å²) in [5.41, 5.74) is 10.3. The normalized spacial score (nSPS) is 12.6. The van der Waals surface area contributed by atoms with Gasteiger partial charge < -0.3 is 4.74 Å². The Hall–Kier alpha value is -4.56. The quantitative estimate of drug-likeness (QED) is 0.175. The Kier molecular flexibility index (Phi) is 4.73. The van der Waals surface area contributed by atoms with E-state index in [1.165, 1.54) is 76.5 Å². The number of fused-ring (bicyclic) bond motifs is 3. The molecule has 0 unspecified atom stereocenters. The maximum atomic E-state index is 6.75. The van der Waals surface area contributed by atoms with Gasteiger partial charge in [0.15, 0.2) is 0 Å². The Bertz CT molecular complexity index is 2050. The van der Waals surface area contributed by atoms with Crippen molar-refractivity contribution in [2.24, 2.45) is 0 Å². The van der Waals surface area contributed by atoms with Crippen molar-refractivity contribution in [3.63, 3.8) is 0 Å².